The molecule has 162 valence electrons. The molecule has 0 radical (unpaired) electrons. The number of carbonyl (C=O) groups is 1. The quantitative estimate of drug-likeness (QED) is 0.365. The summed E-state index contributed by atoms with van der Waals surface area (Å²) in [6.07, 6.45) is 4.54. The highest BCUT2D eigenvalue weighted by atomic mass is 32.1. The molecule has 0 saturated carbocycles. The number of nitrogens with one attached hydrogen (secondary N) is 2. The van der Waals surface area contributed by atoms with Crippen LogP contribution in [0.2, 0.25) is 0 Å². The fourth-order valence-corrected chi connectivity index (χ4v) is 3.01. The summed E-state index contributed by atoms with van der Waals surface area (Å²) in [4.78, 5) is 12.1. The Morgan fingerprint density at radius 2 is 2.06 bits per heavy atom. The number of amides is 1. The number of nitrogens with zero attached hydrogens (tertiary/aromatic N) is 3. The van der Waals surface area contributed by atoms with Crippen LogP contribution in [0.15, 0.2) is 53.6 Å². The largest absolute Gasteiger partial charge is 0.493 e. The zero-order valence-electron chi connectivity index (χ0n) is 17.5. The molecule has 2 aromatic carbocycles. The molecule has 0 bridgehead atoms. The second-order valence-corrected chi connectivity index (χ2v) is 7.10. The zero-order valence-corrected chi connectivity index (χ0v) is 18.3. The summed E-state index contributed by atoms with van der Waals surface area (Å²) >= 11 is 5.26. The summed E-state index contributed by atoms with van der Waals surface area (Å²) in [5.41, 5.74) is 1.51. The lowest BCUT2D eigenvalue weighted by Crippen LogP contribution is -2.20. The smallest absolute Gasteiger partial charge is 0.262 e. The minimum absolute atomic E-state index is 0.135. The van der Waals surface area contributed by atoms with E-state index in [9.17, 15) is 4.79 Å². The summed E-state index contributed by atoms with van der Waals surface area (Å²) in [5, 5.41) is 14.2. The van der Waals surface area contributed by atoms with Crippen LogP contribution in [0.4, 0.5) is 5.69 Å². The normalized spacial score (nSPS) is 10.9. The first kappa shape index (κ1) is 22.2. The van der Waals surface area contributed by atoms with E-state index >= 15 is 0 Å². The van der Waals surface area contributed by atoms with Crippen molar-refractivity contribution < 1.29 is 14.3 Å². The molecule has 31 heavy (non-hydrogen) atoms. The predicted molar refractivity (Wildman–Crippen MR) is 123 cm³/mol. The first-order valence-electron chi connectivity index (χ1n) is 9.97. The number of hydrogen-bond donors (Lipinski definition) is 2. The van der Waals surface area contributed by atoms with Crippen LogP contribution in [-0.2, 0) is 11.2 Å². The van der Waals surface area contributed by atoms with Gasteiger partial charge in [-0.3, -0.25) is 9.89 Å². The van der Waals surface area contributed by atoms with Gasteiger partial charge < -0.3 is 14.8 Å². The second-order valence-electron chi connectivity index (χ2n) is 6.72. The Bertz CT molecular complexity index is 1090. The molecule has 3 rings (SSSR count). The fourth-order valence-electron chi connectivity index (χ4n) is 2.81. The van der Waals surface area contributed by atoms with E-state index < -0.39 is 0 Å². The summed E-state index contributed by atoms with van der Waals surface area (Å²) < 4.78 is 13.1. The molecular weight excluding hydrogens is 414 g/mol. The monoisotopic (exact) mass is 439 g/mol. The Morgan fingerprint density at radius 3 is 2.81 bits per heavy atom. The first-order valence-corrected chi connectivity index (χ1v) is 10.4. The first-order chi connectivity index (χ1) is 15.1. The van der Waals surface area contributed by atoms with Crippen LogP contribution >= 0.6 is 12.2 Å². The zero-order chi connectivity index (χ0) is 22.1. The number of para-hydroxylation sites is 1. The Labute approximate surface area is 185 Å². The van der Waals surface area contributed by atoms with Crippen molar-refractivity contribution in [2.45, 2.75) is 26.2 Å². The number of unbranched alkanes of at least 4 members (excludes halogenated alkanes) is 1. The molecule has 3 aromatic rings. The number of rotatable bonds is 10. The summed E-state index contributed by atoms with van der Waals surface area (Å²) in [5.74, 6) is 1.50. The number of benzene rings is 2. The van der Waals surface area contributed by atoms with Gasteiger partial charge in [0.2, 0.25) is 4.77 Å². The number of methoxy groups -OCH3 is 1. The minimum atomic E-state index is -0.257. The highest BCUT2D eigenvalue weighted by molar-refractivity contribution is 7.71. The summed E-state index contributed by atoms with van der Waals surface area (Å²) in [7, 11) is 1.54. The third-order valence-electron chi connectivity index (χ3n) is 4.40. The van der Waals surface area contributed by atoms with Crippen LogP contribution in [0.25, 0.3) is 0 Å². The van der Waals surface area contributed by atoms with E-state index in [4.69, 9.17) is 21.7 Å². The standard InChI is InChI=1S/C22H25N5O3S/c1-3-4-10-20-25-26-22(31)27(20)23-14-16-11-12-18(19(13-16)29-2)30-15-21(28)24-17-8-6-5-7-9-17/h5-9,11-14H,3-4,10,15H2,1-2H3,(H,24,28)(H,26,31)/b23-14+. The van der Waals surface area contributed by atoms with Crippen LogP contribution in [0.1, 0.15) is 31.2 Å². The van der Waals surface area contributed by atoms with Crippen LogP contribution < -0.4 is 14.8 Å². The lowest BCUT2D eigenvalue weighted by Gasteiger charge is -2.11. The van der Waals surface area contributed by atoms with Crippen molar-refractivity contribution in [2.24, 2.45) is 5.10 Å². The molecule has 0 aliphatic heterocycles. The number of aromatic nitrogens is 3. The molecule has 1 amide bonds. The predicted octanol–water partition coefficient (Wildman–Crippen LogP) is 4.19. The lowest BCUT2D eigenvalue weighted by molar-refractivity contribution is -0.118. The molecule has 1 aromatic heterocycles. The van der Waals surface area contributed by atoms with Gasteiger partial charge in [0.25, 0.3) is 5.91 Å². The maximum atomic E-state index is 12.1. The maximum Gasteiger partial charge on any atom is 0.262 e. The molecule has 0 fully saturated rings. The maximum absolute atomic E-state index is 12.1. The van der Waals surface area contributed by atoms with Crippen LogP contribution in [-0.4, -0.2) is 40.7 Å². The average Bonchev–Trinajstić information content (AvgIpc) is 3.14. The van der Waals surface area contributed by atoms with Crippen molar-refractivity contribution in [3.05, 3.63) is 64.7 Å². The second kappa shape index (κ2) is 11.1. The van der Waals surface area contributed by atoms with E-state index in [2.05, 4.69) is 27.5 Å². The van der Waals surface area contributed by atoms with Crippen molar-refractivity contribution in [2.75, 3.05) is 19.0 Å². The van der Waals surface area contributed by atoms with Crippen molar-refractivity contribution in [3.8, 4) is 11.5 Å². The van der Waals surface area contributed by atoms with Gasteiger partial charge in [0.1, 0.15) is 0 Å². The van der Waals surface area contributed by atoms with E-state index in [0.717, 1.165) is 30.7 Å². The van der Waals surface area contributed by atoms with Crippen molar-refractivity contribution >= 4 is 30.0 Å². The topological polar surface area (TPSA) is 93.5 Å². The molecular formula is C22H25N5O3S. The van der Waals surface area contributed by atoms with Crippen molar-refractivity contribution in [1.82, 2.24) is 14.9 Å². The fraction of sp³-hybridized carbons (Fsp3) is 0.273. The van der Waals surface area contributed by atoms with E-state index in [1.165, 1.54) is 0 Å². The molecule has 0 saturated heterocycles. The molecule has 0 aliphatic rings. The highest BCUT2D eigenvalue weighted by Crippen LogP contribution is 2.27. The van der Waals surface area contributed by atoms with Gasteiger partial charge in [-0.1, -0.05) is 31.5 Å². The van der Waals surface area contributed by atoms with E-state index in [1.54, 1.807) is 30.1 Å². The molecule has 0 unspecified atom stereocenters. The molecule has 0 spiro atoms. The molecule has 9 heteroatoms. The van der Waals surface area contributed by atoms with Gasteiger partial charge in [-0.05, 0) is 54.5 Å². The van der Waals surface area contributed by atoms with Crippen LogP contribution in [0, 0.1) is 4.77 Å². The third kappa shape index (κ3) is 6.26. The van der Waals surface area contributed by atoms with Gasteiger partial charge in [-0.2, -0.15) is 14.9 Å². The minimum Gasteiger partial charge on any atom is -0.493 e. The number of H-pyrrole nitrogens is 1. The van der Waals surface area contributed by atoms with Gasteiger partial charge in [0, 0.05) is 12.1 Å². The van der Waals surface area contributed by atoms with Gasteiger partial charge in [-0.25, -0.2) is 0 Å². The van der Waals surface area contributed by atoms with Crippen LogP contribution in [0.3, 0.4) is 0 Å². The summed E-state index contributed by atoms with van der Waals surface area (Å²) in [6, 6.07) is 14.6. The molecule has 8 nitrogen and oxygen atoms in total. The van der Waals surface area contributed by atoms with Gasteiger partial charge >= 0.3 is 0 Å². The number of aryl methyl sites for hydroxylation is 1. The van der Waals surface area contributed by atoms with Crippen LogP contribution in [0.5, 0.6) is 11.5 Å². The summed E-state index contributed by atoms with van der Waals surface area (Å²) in [6.45, 7) is 1.99. The SMILES string of the molecule is CCCCc1n[nH]c(=S)n1/N=C/c1ccc(OCC(=O)Nc2ccccc2)c(OC)c1. The Balaban J connectivity index is 1.66. The number of carbonyl (C=O) groups excluding carboxylic acids is 1. The van der Waals surface area contributed by atoms with Crippen molar-refractivity contribution in [3.63, 3.8) is 0 Å². The number of aromatic amines is 1. The highest BCUT2D eigenvalue weighted by Gasteiger charge is 2.09. The Morgan fingerprint density at radius 1 is 1.26 bits per heavy atom. The van der Waals surface area contributed by atoms with E-state index in [0.29, 0.717) is 22.0 Å². The van der Waals surface area contributed by atoms with E-state index in [1.807, 2.05) is 36.4 Å². The Hall–Kier alpha value is -3.46. The number of ether oxygens (including phenoxy) is 2. The number of anilines is 1. The third-order valence-corrected chi connectivity index (χ3v) is 4.66. The molecule has 1 heterocycles. The number of hydrogen-bond acceptors (Lipinski definition) is 6. The van der Waals surface area contributed by atoms with Gasteiger partial charge in [0.05, 0.1) is 13.3 Å². The van der Waals surface area contributed by atoms with Gasteiger partial charge in [0.15, 0.2) is 23.9 Å². The Kier molecular flexibility index (Phi) is 7.94. The lowest BCUT2D eigenvalue weighted by atomic mass is 10.2. The van der Waals surface area contributed by atoms with E-state index in [-0.39, 0.29) is 12.5 Å². The molecule has 0 aliphatic carbocycles. The molecule has 0 atom stereocenters. The average molecular weight is 440 g/mol. The van der Waals surface area contributed by atoms with Gasteiger partial charge in [-0.15, -0.1) is 0 Å². The molecule has 2 N–H and O–H groups in total. The van der Waals surface area contributed by atoms with Crippen molar-refractivity contribution in [1.29, 1.82) is 0 Å².